The van der Waals surface area contributed by atoms with Gasteiger partial charge in [-0.25, -0.2) is 0 Å². The summed E-state index contributed by atoms with van der Waals surface area (Å²) < 4.78 is 5.25. The molecule has 0 aliphatic heterocycles. The fourth-order valence-corrected chi connectivity index (χ4v) is 3.82. The van der Waals surface area contributed by atoms with Crippen molar-refractivity contribution in [1.82, 2.24) is 4.90 Å². The van der Waals surface area contributed by atoms with Gasteiger partial charge >= 0.3 is 0 Å². The lowest BCUT2D eigenvalue weighted by molar-refractivity contribution is 0.0374. The highest BCUT2D eigenvalue weighted by atomic mass is 16.5. The van der Waals surface area contributed by atoms with E-state index in [1.165, 1.54) is 0 Å². The highest BCUT2D eigenvalue weighted by molar-refractivity contribution is 5.59. The van der Waals surface area contributed by atoms with Crippen molar-refractivity contribution in [3.63, 3.8) is 0 Å². The van der Waals surface area contributed by atoms with Gasteiger partial charge in [-0.1, -0.05) is 48.2 Å². The van der Waals surface area contributed by atoms with Gasteiger partial charge in [-0.05, 0) is 68.8 Å². The Kier molecular flexibility index (Phi) is 6.57. The first-order valence-corrected chi connectivity index (χ1v) is 9.81. The van der Waals surface area contributed by atoms with Crippen molar-refractivity contribution in [2.75, 3.05) is 27.7 Å². The first-order valence-electron chi connectivity index (χ1n) is 9.81. The van der Waals surface area contributed by atoms with Crippen LogP contribution in [0.3, 0.4) is 0 Å². The molecule has 1 aliphatic rings. The van der Waals surface area contributed by atoms with Crippen LogP contribution in [0.4, 0.5) is 0 Å². The van der Waals surface area contributed by atoms with Crippen LogP contribution < -0.4 is 4.74 Å². The van der Waals surface area contributed by atoms with E-state index in [2.05, 4.69) is 22.8 Å². The van der Waals surface area contributed by atoms with E-state index in [1.54, 1.807) is 7.11 Å². The summed E-state index contributed by atoms with van der Waals surface area (Å²) in [7, 11) is 5.76. The topological polar surface area (TPSA) is 32.7 Å². The summed E-state index contributed by atoms with van der Waals surface area (Å²) in [4.78, 5) is 2.14. The predicted octanol–water partition coefficient (Wildman–Crippen LogP) is 4.22. The fraction of sp³-hybridized carbons (Fsp3) is 0.360. The van der Waals surface area contributed by atoms with Gasteiger partial charge in [0.25, 0.3) is 0 Å². The van der Waals surface area contributed by atoms with E-state index < -0.39 is 5.60 Å². The number of hydrogen-bond acceptors (Lipinski definition) is 3. The number of nitrogens with zero attached hydrogens (tertiary/aromatic N) is 1. The Morgan fingerprint density at radius 2 is 1.86 bits per heavy atom. The summed E-state index contributed by atoms with van der Waals surface area (Å²) in [5, 5.41) is 11.8. The van der Waals surface area contributed by atoms with Gasteiger partial charge in [-0.15, -0.1) is 0 Å². The summed E-state index contributed by atoms with van der Waals surface area (Å²) in [6, 6.07) is 17.8. The Morgan fingerprint density at radius 1 is 1.14 bits per heavy atom. The van der Waals surface area contributed by atoms with E-state index in [0.717, 1.165) is 48.3 Å². The molecule has 146 valence electrons. The van der Waals surface area contributed by atoms with E-state index >= 15 is 0 Å². The van der Waals surface area contributed by atoms with E-state index in [1.807, 2.05) is 68.7 Å². The molecule has 2 unspecified atom stereocenters. The van der Waals surface area contributed by atoms with E-state index in [-0.39, 0.29) is 5.92 Å². The Balaban J connectivity index is 1.99. The molecule has 1 fully saturated rings. The molecule has 2 aromatic rings. The standard InChI is InChI=1S/C25H29NO2/c1-26(2)19-23-11-7-10-22(18-21-12-14-24(28-3)15-13-21)25(23,27)17-16-20-8-5-4-6-9-20/h4-6,8-9,12-15,18,23,27H,7,10-11,19H2,1-3H3/b22-18+. The lowest BCUT2D eigenvalue weighted by atomic mass is 9.71. The normalized spacial score (nSPS) is 23.3. The molecule has 2 aromatic carbocycles. The zero-order valence-electron chi connectivity index (χ0n) is 17.0. The molecule has 3 rings (SSSR count). The summed E-state index contributed by atoms with van der Waals surface area (Å²) in [6.07, 6.45) is 4.99. The third kappa shape index (κ3) is 4.84. The van der Waals surface area contributed by atoms with Crippen LogP contribution in [0, 0.1) is 17.8 Å². The van der Waals surface area contributed by atoms with Crippen LogP contribution in [0.1, 0.15) is 30.4 Å². The molecular formula is C25H29NO2. The Bertz CT molecular complexity index is 859. The number of ether oxygens (including phenoxy) is 1. The average Bonchev–Trinajstić information content (AvgIpc) is 2.71. The molecule has 1 N–H and O–H groups in total. The van der Waals surface area contributed by atoms with Crippen molar-refractivity contribution >= 4 is 6.08 Å². The quantitative estimate of drug-likeness (QED) is 0.812. The molecule has 0 saturated heterocycles. The molecule has 3 nitrogen and oxygen atoms in total. The van der Waals surface area contributed by atoms with E-state index in [9.17, 15) is 5.11 Å². The summed E-state index contributed by atoms with van der Waals surface area (Å²) in [5.74, 6) is 7.37. The van der Waals surface area contributed by atoms with Crippen molar-refractivity contribution in [3.05, 3.63) is 71.3 Å². The molecule has 0 aromatic heterocycles. The van der Waals surface area contributed by atoms with Gasteiger partial charge in [0.15, 0.2) is 5.60 Å². The van der Waals surface area contributed by atoms with Crippen molar-refractivity contribution in [2.24, 2.45) is 5.92 Å². The van der Waals surface area contributed by atoms with E-state index in [4.69, 9.17) is 4.74 Å². The Labute approximate surface area is 168 Å². The summed E-state index contributed by atoms with van der Waals surface area (Å²) >= 11 is 0. The van der Waals surface area contributed by atoms with Gasteiger partial charge in [0.05, 0.1) is 7.11 Å². The molecule has 2 atom stereocenters. The monoisotopic (exact) mass is 375 g/mol. The maximum absolute atomic E-state index is 11.8. The Hall–Kier alpha value is -2.54. The van der Waals surface area contributed by atoms with Crippen LogP contribution in [0.15, 0.2) is 60.2 Å². The first-order chi connectivity index (χ1) is 13.5. The average molecular weight is 376 g/mol. The van der Waals surface area contributed by atoms with Gasteiger partial charge in [-0.2, -0.15) is 0 Å². The van der Waals surface area contributed by atoms with Crippen LogP contribution in [0.2, 0.25) is 0 Å². The molecular weight excluding hydrogens is 346 g/mol. The zero-order chi connectivity index (χ0) is 20.0. The number of methoxy groups -OCH3 is 1. The second-order valence-electron chi connectivity index (χ2n) is 7.68. The maximum atomic E-state index is 11.8. The smallest absolute Gasteiger partial charge is 0.151 e. The number of rotatable bonds is 4. The molecule has 3 heteroatoms. The lowest BCUT2D eigenvalue weighted by Crippen LogP contribution is -2.46. The minimum atomic E-state index is -1.13. The van der Waals surface area contributed by atoms with Crippen LogP contribution in [-0.4, -0.2) is 43.4 Å². The van der Waals surface area contributed by atoms with Gasteiger partial charge in [0.2, 0.25) is 0 Å². The third-order valence-corrected chi connectivity index (χ3v) is 5.29. The summed E-state index contributed by atoms with van der Waals surface area (Å²) in [6.45, 7) is 0.805. The second kappa shape index (κ2) is 9.10. The molecule has 1 saturated carbocycles. The van der Waals surface area contributed by atoms with Crippen LogP contribution in [0.25, 0.3) is 6.08 Å². The molecule has 0 spiro atoms. The molecule has 0 amide bonds. The van der Waals surface area contributed by atoms with Crippen molar-refractivity contribution in [1.29, 1.82) is 0 Å². The van der Waals surface area contributed by atoms with Crippen molar-refractivity contribution in [2.45, 2.75) is 24.9 Å². The molecule has 0 heterocycles. The van der Waals surface area contributed by atoms with Crippen LogP contribution in [0.5, 0.6) is 5.75 Å². The molecule has 0 radical (unpaired) electrons. The summed E-state index contributed by atoms with van der Waals surface area (Å²) in [5.41, 5.74) is 1.85. The van der Waals surface area contributed by atoms with Gasteiger partial charge < -0.3 is 14.7 Å². The molecule has 28 heavy (non-hydrogen) atoms. The number of aliphatic hydroxyl groups is 1. The highest BCUT2D eigenvalue weighted by Gasteiger charge is 2.41. The first kappa shape index (κ1) is 20.2. The third-order valence-electron chi connectivity index (χ3n) is 5.29. The van der Waals surface area contributed by atoms with Gasteiger partial charge in [-0.3, -0.25) is 0 Å². The number of benzene rings is 2. The SMILES string of the molecule is COc1ccc(/C=C2\CCCC(CN(C)C)C2(O)C#Cc2ccccc2)cc1. The minimum Gasteiger partial charge on any atom is -0.497 e. The molecule has 0 bridgehead atoms. The van der Waals surface area contributed by atoms with Crippen LogP contribution >= 0.6 is 0 Å². The molecule has 1 aliphatic carbocycles. The van der Waals surface area contributed by atoms with Crippen molar-refractivity contribution < 1.29 is 9.84 Å². The fourth-order valence-electron chi connectivity index (χ4n) is 3.82. The van der Waals surface area contributed by atoms with E-state index in [0.29, 0.717) is 0 Å². The number of hydrogen-bond donors (Lipinski definition) is 1. The lowest BCUT2D eigenvalue weighted by Gasteiger charge is -2.40. The van der Waals surface area contributed by atoms with Crippen molar-refractivity contribution in [3.8, 4) is 17.6 Å². The van der Waals surface area contributed by atoms with Crippen LogP contribution in [-0.2, 0) is 0 Å². The second-order valence-corrected chi connectivity index (χ2v) is 7.68. The maximum Gasteiger partial charge on any atom is 0.151 e. The largest absolute Gasteiger partial charge is 0.497 e. The van der Waals surface area contributed by atoms with Gasteiger partial charge in [0, 0.05) is 18.0 Å². The Morgan fingerprint density at radius 3 is 2.50 bits per heavy atom. The highest BCUT2D eigenvalue weighted by Crippen LogP contribution is 2.39. The predicted molar refractivity (Wildman–Crippen MR) is 115 cm³/mol. The minimum absolute atomic E-state index is 0.0805. The zero-order valence-corrected chi connectivity index (χ0v) is 17.0. The van der Waals surface area contributed by atoms with Gasteiger partial charge in [0.1, 0.15) is 5.75 Å².